The van der Waals surface area contributed by atoms with Gasteiger partial charge in [-0.05, 0) is 70.0 Å². The van der Waals surface area contributed by atoms with Crippen LogP contribution in [-0.4, -0.2) is 47.0 Å². The Hall–Kier alpha value is -0.830. The molecule has 1 amide bonds. The van der Waals surface area contributed by atoms with Crippen molar-refractivity contribution in [3.8, 4) is 5.75 Å². The van der Waals surface area contributed by atoms with Crippen LogP contribution in [-0.2, 0) is 20.9 Å². The monoisotopic (exact) mass is 450 g/mol. The molecule has 0 radical (unpaired) electrons. The van der Waals surface area contributed by atoms with Crippen LogP contribution in [0.25, 0.3) is 0 Å². The standard InChI is InChI=1S/C18H31N2O5PS2/c1-6-13-20(26(27,23-7-2)24-8-3)28-14-19(18(21)22)16-11-9-10-12-17(16)25-15(4)5/h9-12,15H,6-8,13-14H2,1-5H3,(H,21,22). The van der Waals surface area contributed by atoms with Crippen LogP contribution >= 0.6 is 18.6 Å². The minimum atomic E-state index is -2.68. The van der Waals surface area contributed by atoms with Crippen molar-refractivity contribution in [3.05, 3.63) is 24.3 Å². The van der Waals surface area contributed by atoms with E-state index in [1.54, 1.807) is 18.2 Å². The number of carboxylic acid groups (broad SMARTS) is 1. The maximum absolute atomic E-state index is 12.0. The Morgan fingerprint density at radius 3 is 2.32 bits per heavy atom. The number of carbonyl (C=O) groups is 1. The average Bonchev–Trinajstić information content (AvgIpc) is 2.62. The molecule has 0 aromatic heterocycles. The number of hydrogen-bond donors (Lipinski definition) is 1. The summed E-state index contributed by atoms with van der Waals surface area (Å²) >= 11 is 7.00. The fourth-order valence-electron chi connectivity index (χ4n) is 2.33. The summed E-state index contributed by atoms with van der Waals surface area (Å²) in [6.45, 7) is 8.42. The van der Waals surface area contributed by atoms with Gasteiger partial charge in [-0.1, -0.05) is 19.1 Å². The number of benzene rings is 1. The summed E-state index contributed by atoms with van der Waals surface area (Å²) in [6.07, 6.45) is -0.292. The van der Waals surface area contributed by atoms with E-state index in [1.807, 2.05) is 44.8 Å². The summed E-state index contributed by atoms with van der Waals surface area (Å²) in [6, 6.07) is 7.11. The molecular formula is C18H31N2O5PS2. The maximum atomic E-state index is 12.0. The molecule has 10 heteroatoms. The van der Waals surface area contributed by atoms with E-state index in [1.165, 1.54) is 16.8 Å². The van der Waals surface area contributed by atoms with Gasteiger partial charge < -0.3 is 18.9 Å². The number of rotatable bonds is 13. The molecule has 0 aliphatic rings. The lowest BCUT2D eigenvalue weighted by atomic mass is 10.2. The Labute approximate surface area is 177 Å². The van der Waals surface area contributed by atoms with Gasteiger partial charge in [0.25, 0.3) is 6.64 Å². The molecule has 1 N–H and O–H groups in total. The number of hydrogen-bond acceptors (Lipinski definition) is 6. The third kappa shape index (κ3) is 7.54. The van der Waals surface area contributed by atoms with Gasteiger partial charge in [0.15, 0.2) is 0 Å². The first kappa shape index (κ1) is 25.2. The van der Waals surface area contributed by atoms with E-state index in [0.29, 0.717) is 31.2 Å². The molecule has 0 atom stereocenters. The topological polar surface area (TPSA) is 71.5 Å². The van der Waals surface area contributed by atoms with E-state index in [-0.39, 0.29) is 12.0 Å². The fraction of sp³-hybridized carbons (Fsp3) is 0.611. The third-order valence-corrected chi connectivity index (χ3v) is 8.65. The molecule has 28 heavy (non-hydrogen) atoms. The van der Waals surface area contributed by atoms with Gasteiger partial charge in [-0.3, -0.25) is 4.90 Å². The molecule has 0 fully saturated rings. The highest BCUT2D eigenvalue weighted by Gasteiger charge is 2.30. The van der Waals surface area contributed by atoms with Crippen molar-refractivity contribution >= 4 is 42.2 Å². The van der Waals surface area contributed by atoms with Crippen LogP contribution in [0.4, 0.5) is 10.5 Å². The first-order valence-electron chi connectivity index (χ1n) is 9.35. The van der Waals surface area contributed by atoms with E-state index in [4.69, 9.17) is 25.6 Å². The Balaban J connectivity index is 3.08. The SMILES string of the molecule is CCCN(SCN(C(=O)O)c1ccccc1OC(C)C)P(=S)(OCC)OCC. The lowest BCUT2D eigenvalue weighted by Crippen LogP contribution is -2.31. The first-order valence-corrected chi connectivity index (χ1v) is 12.9. The summed E-state index contributed by atoms with van der Waals surface area (Å²) in [5.41, 5.74) is 0.494. The Morgan fingerprint density at radius 2 is 1.82 bits per heavy atom. The van der Waals surface area contributed by atoms with E-state index < -0.39 is 12.7 Å². The highest BCUT2D eigenvalue weighted by atomic mass is 32.5. The van der Waals surface area contributed by atoms with E-state index in [9.17, 15) is 9.90 Å². The second kappa shape index (κ2) is 12.7. The van der Waals surface area contributed by atoms with E-state index in [0.717, 1.165) is 6.42 Å². The molecular weight excluding hydrogens is 419 g/mol. The number of para-hydroxylation sites is 2. The normalized spacial score (nSPS) is 11.8. The Morgan fingerprint density at radius 1 is 1.21 bits per heavy atom. The van der Waals surface area contributed by atoms with Gasteiger partial charge in [-0.25, -0.2) is 4.79 Å². The fourth-order valence-corrected chi connectivity index (χ4v) is 6.87. The Kier molecular flexibility index (Phi) is 11.4. The molecule has 0 heterocycles. The number of nitrogens with zero attached hydrogens (tertiary/aromatic N) is 2. The van der Waals surface area contributed by atoms with Crippen LogP contribution in [0.15, 0.2) is 24.3 Å². The first-order chi connectivity index (χ1) is 13.3. The lowest BCUT2D eigenvalue weighted by Gasteiger charge is -2.33. The molecule has 0 unspecified atom stereocenters. The molecule has 0 spiro atoms. The van der Waals surface area contributed by atoms with Crippen LogP contribution in [0.2, 0.25) is 0 Å². The second-order valence-corrected chi connectivity index (χ2v) is 10.5. The summed E-state index contributed by atoms with van der Waals surface area (Å²) in [7, 11) is 0. The predicted octanol–water partition coefficient (Wildman–Crippen LogP) is 5.57. The molecule has 0 saturated heterocycles. The van der Waals surface area contributed by atoms with Gasteiger partial charge in [0, 0.05) is 6.54 Å². The van der Waals surface area contributed by atoms with Gasteiger partial charge in [0.1, 0.15) is 5.75 Å². The van der Waals surface area contributed by atoms with Crippen molar-refractivity contribution in [2.24, 2.45) is 0 Å². The molecule has 160 valence electrons. The smallest absolute Gasteiger partial charge is 0.412 e. The average molecular weight is 451 g/mol. The number of amides is 1. The number of ether oxygens (including phenoxy) is 1. The van der Waals surface area contributed by atoms with Crippen LogP contribution in [0, 0.1) is 0 Å². The van der Waals surface area contributed by atoms with Crippen molar-refractivity contribution in [1.82, 2.24) is 4.08 Å². The molecule has 7 nitrogen and oxygen atoms in total. The highest BCUT2D eigenvalue weighted by Crippen LogP contribution is 2.56. The lowest BCUT2D eigenvalue weighted by molar-refractivity contribution is 0.201. The maximum Gasteiger partial charge on any atom is 0.412 e. The zero-order valence-electron chi connectivity index (χ0n) is 17.2. The summed E-state index contributed by atoms with van der Waals surface area (Å²) in [5, 5.41) is 9.80. The Bertz CT molecular complexity index is 653. The highest BCUT2D eigenvalue weighted by molar-refractivity contribution is 8.15. The predicted molar refractivity (Wildman–Crippen MR) is 120 cm³/mol. The minimum Gasteiger partial charge on any atom is -0.489 e. The van der Waals surface area contributed by atoms with E-state index >= 15 is 0 Å². The minimum absolute atomic E-state index is 0.0665. The zero-order valence-corrected chi connectivity index (χ0v) is 19.7. The van der Waals surface area contributed by atoms with Gasteiger partial charge in [-0.15, -0.1) is 0 Å². The van der Waals surface area contributed by atoms with Gasteiger partial charge in [0.2, 0.25) is 0 Å². The molecule has 0 saturated carbocycles. The summed E-state index contributed by atoms with van der Waals surface area (Å²) in [4.78, 5) is 13.2. The van der Waals surface area contributed by atoms with Crippen molar-refractivity contribution in [3.63, 3.8) is 0 Å². The van der Waals surface area contributed by atoms with Crippen molar-refractivity contribution in [2.45, 2.75) is 47.1 Å². The molecule has 0 aliphatic heterocycles. The zero-order chi connectivity index (χ0) is 21.2. The van der Waals surface area contributed by atoms with Crippen LogP contribution in [0.3, 0.4) is 0 Å². The largest absolute Gasteiger partial charge is 0.489 e. The molecule has 0 bridgehead atoms. The van der Waals surface area contributed by atoms with Crippen LogP contribution in [0.5, 0.6) is 5.75 Å². The summed E-state index contributed by atoms with van der Waals surface area (Å²) in [5.74, 6) is 0.670. The molecule has 1 aromatic carbocycles. The van der Waals surface area contributed by atoms with Crippen molar-refractivity contribution in [1.29, 1.82) is 0 Å². The third-order valence-electron chi connectivity index (χ3n) is 3.36. The number of anilines is 1. The molecule has 0 aliphatic carbocycles. The molecule has 1 aromatic rings. The molecule has 1 rings (SSSR count). The van der Waals surface area contributed by atoms with Crippen molar-refractivity contribution < 1.29 is 23.7 Å². The van der Waals surface area contributed by atoms with Crippen LogP contribution in [0.1, 0.15) is 41.0 Å². The van der Waals surface area contributed by atoms with Gasteiger partial charge in [-0.2, -0.15) is 4.08 Å². The quantitative estimate of drug-likeness (QED) is 0.237. The van der Waals surface area contributed by atoms with Gasteiger partial charge >= 0.3 is 6.09 Å². The van der Waals surface area contributed by atoms with E-state index in [2.05, 4.69) is 0 Å². The van der Waals surface area contributed by atoms with Gasteiger partial charge in [0.05, 0.1) is 30.9 Å². The van der Waals surface area contributed by atoms with Crippen molar-refractivity contribution in [2.75, 3.05) is 30.5 Å². The second-order valence-electron chi connectivity index (χ2n) is 5.98. The van der Waals surface area contributed by atoms with Crippen LogP contribution < -0.4 is 9.64 Å². The summed E-state index contributed by atoms with van der Waals surface area (Å²) < 4.78 is 19.2.